The number of esters is 1. The Morgan fingerprint density at radius 2 is 2.04 bits per heavy atom. The first-order valence-electron chi connectivity index (χ1n) is 8.09. The molecule has 2 fully saturated rings. The van der Waals surface area contributed by atoms with Crippen LogP contribution < -0.4 is 10.6 Å². The number of imide groups is 1. The van der Waals surface area contributed by atoms with Gasteiger partial charge in [0.05, 0.1) is 13.7 Å². The Morgan fingerprint density at radius 1 is 1.30 bits per heavy atom. The van der Waals surface area contributed by atoms with Gasteiger partial charge in [-0.3, -0.25) is 19.8 Å². The van der Waals surface area contributed by atoms with E-state index in [9.17, 15) is 14.4 Å². The molecular weight excluding hydrogens is 298 g/mol. The number of nitrogens with zero attached hydrogens (tertiary/aromatic N) is 1. The maximum absolute atomic E-state index is 12.1. The van der Waals surface area contributed by atoms with E-state index in [-0.39, 0.29) is 25.1 Å². The number of fused-ring (bicyclic) bond motifs is 1. The van der Waals surface area contributed by atoms with Crippen molar-refractivity contribution in [3.05, 3.63) is 12.7 Å². The van der Waals surface area contributed by atoms with Crippen LogP contribution in [0.1, 0.15) is 32.1 Å². The molecule has 7 nitrogen and oxygen atoms in total. The van der Waals surface area contributed by atoms with E-state index in [0.29, 0.717) is 5.92 Å². The number of hydrogen-bond acceptors (Lipinski definition) is 5. The summed E-state index contributed by atoms with van der Waals surface area (Å²) in [4.78, 5) is 37.6. The summed E-state index contributed by atoms with van der Waals surface area (Å²) in [6, 6.07) is -0.728. The molecule has 3 atom stereocenters. The lowest BCUT2D eigenvalue weighted by atomic mass is 9.85. The van der Waals surface area contributed by atoms with Crippen molar-refractivity contribution in [2.45, 2.75) is 44.2 Å². The number of nitrogens with one attached hydrogen (secondary N) is 2. The van der Waals surface area contributed by atoms with Gasteiger partial charge in [-0.05, 0) is 25.2 Å². The molecule has 0 aromatic heterocycles. The van der Waals surface area contributed by atoms with Crippen molar-refractivity contribution in [2.24, 2.45) is 5.92 Å². The second-order valence-electron chi connectivity index (χ2n) is 6.11. The number of carbonyl (C=O) groups excluding carboxylic acids is 3. The van der Waals surface area contributed by atoms with Gasteiger partial charge in [0.25, 0.3) is 0 Å². The van der Waals surface area contributed by atoms with E-state index in [4.69, 9.17) is 4.74 Å². The highest BCUT2D eigenvalue weighted by molar-refractivity contribution is 5.95. The molecule has 1 saturated carbocycles. The highest BCUT2D eigenvalue weighted by Gasteiger charge is 2.46. The molecule has 0 spiro atoms. The van der Waals surface area contributed by atoms with Crippen molar-refractivity contribution in [1.82, 2.24) is 15.5 Å². The summed E-state index contributed by atoms with van der Waals surface area (Å²) in [6.07, 6.45) is 6.59. The number of rotatable bonds is 5. The highest BCUT2D eigenvalue weighted by Crippen LogP contribution is 2.39. The molecule has 0 aromatic rings. The van der Waals surface area contributed by atoms with E-state index in [1.165, 1.54) is 19.6 Å². The molecular formula is C16H25N3O4. The molecule has 7 heteroatoms. The van der Waals surface area contributed by atoms with E-state index in [1.54, 1.807) is 0 Å². The number of carbonyl (C=O) groups is 3. The number of urea groups is 1. The molecule has 2 N–H and O–H groups in total. The van der Waals surface area contributed by atoms with Gasteiger partial charge in [-0.15, -0.1) is 6.58 Å². The molecule has 128 valence electrons. The van der Waals surface area contributed by atoms with Crippen LogP contribution in [0.5, 0.6) is 0 Å². The number of likely N-dealkylation sites (tertiary alicyclic amines) is 1. The van der Waals surface area contributed by atoms with Crippen molar-refractivity contribution in [3.8, 4) is 0 Å². The average molecular weight is 323 g/mol. The third-order valence-corrected chi connectivity index (χ3v) is 4.68. The second-order valence-corrected chi connectivity index (χ2v) is 6.11. The van der Waals surface area contributed by atoms with E-state index in [1.807, 2.05) is 4.90 Å². The minimum absolute atomic E-state index is 0.0302. The predicted octanol–water partition coefficient (Wildman–Crippen LogP) is 0.804. The van der Waals surface area contributed by atoms with E-state index in [0.717, 1.165) is 25.7 Å². The summed E-state index contributed by atoms with van der Waals surface area (Å²) >= 11 is 0. The molecule has 0 bridgehead atoms. The zero-order chi connectivity index (χ0) is 16.8. The van der Waals surface area contributed by atoms with Crippen LogP contribution >= 0.6 is 0 Å². The zero-order valence-electron chi connectivity index (χ0n) is 13.5. The summed E-state index contributed by atoms with van der Waals surface area (Å²) in [5, 5.41) is 4.77. The Morgan fingerprint density at radius 3 is 2.74 bits per heavy atom. The first-order valence-corrected chi connectivity index (χ1v) is 8.09. The van der Waals surface area contributed by atoms with Crippen molar-refractivity contribution in [1.29, 1.82) is 0 Å². The summed E-state index contributed by atoms with van der Waals surface area (Å²) in [7, 11) is 1.37. The van der Waals surface area contributed by atoms with Gasteiger partial charge in [0.2, 0.25) is 5.91 Å². The topological polar surface area (TPSA) is 87.7 Å². The van der Waals surface area contributed by atoms with Gasteiger partial charge >= 0.3 is 12.0 Å². The minimum Gasteiger partial charge on any atom is -0.468 e. The molecule has 3 unspecified atom stereocenters. The highest BCUT2D eigenvalue weighted by atomic mass is 16.5. The molecule has 23 heavy (non-hydrogen) atoms. The first-order chi connectivity index (χ1) is 11.1. The summed E-state index contributed by atoms with van der Waals surface area (Å²) < 4.78 is 4.88. The Hall–Kier alpha value is -1.89. The lowest BCUT2D eigenvalue weighted by Gasteiger charge is -2.32. The van der Waals surface area contributed by atoms with Crippen molar-refractivity contribution in [2.75, 3.05) is 20.2 Å². The van der Waals surface area contributed by atoms with Crippen molar-refractivity contribution in [3.63, 3.8) is 0 Å². The van der Waals surface area contributed by atoms with Crippen LogP contribution in [-0.2, 0) is 14.3 Å². The third kappa shape index (κ3) is 4.31. The lowest BCUT2D eigenvalue weighted by molar-refractivity contribution is -0.146. The van der Waals surface area contributed by atoms with Crippen LogP contribution in [0, 0.1) is 5.92 Å². The summed E-state index contributed by atoms with van der Waals surface area (Å²) in [5.74, 6) is -0.287. The van der Waals surface area contributed by atoms with Gasteiger partial charge in [0.1, 0.15) is 6.04 Å². The normalized spacial score (nSPS) is 26.9. The van der Waals surface area contributed by atoms with Gasteiger partial charge < -0.3 is 10.1 Å². The van der Waals surface area contributed by atoms with Crippen LogP contribution in [0.2, 0.25) is 0 Å². The maximum atomic E-state index is 12.1. The third-order valence-electron chi connectivity index (χ3n) is 4.68. The van der Waals surface area contributed by atoms with Crippen molar-refractivity contribution < 1.29 is 19.1 Å². The van der Waals surface area contributed by atoms with Crippen LogP contribution in [0.3, 0.4) is 0 Å². The van der Waals surface area contributed by atoms with Crippen molar-refractivity contribution >= 4 is 17.9 Å². The first kappa shape index (κ1) is 17.5. The second kappa shape index (κ2) is 8.10. The van der Waals surface area contributed by atoms with E-state index < -0.39 is 18.0 Å². The summed E-state index contributed by atoms with van der Waals surface area (Å²) in [5.41, 5.74) is 0. The molecule has 0 radical (unpaired) electrons. The van der Waals surface area contributed by atoms with Crippen LogP contribution in [0.15, 0.2) is 12.7 Å². The fourth-order valence-corrected chi connectivity index (χ4v) is 3.69. The van der Waals surface area contributed by atoms with E-state index >= 15 is 0 Å². The van der Waals surface area contributed by atoms with E-state index in [2.05, 4.69) is 17.2 Å². The number of hydrogen-bond donors (Lipinski definition) is 2. The Balaban J connectivity index is 1.98. The fraction of sp³-hybridized carbons (Fsp3) is 0.688. The number of ether oxygens (including phenoxy) is 1. The van der Waals surface area contributed by atoms with Gasteiger partial charge in [0.15, 0.2) is 0 Å². The van der Waals surface area contributed by atoms with Gasteiger partial charge in [-0.1, -0.05) is 18.9 Å². The quantitative estimate of drug-likeness (QED) is 0.577. The molecule has 3 amide bonds. The number of amides is 3. The molecule has 1 saturated heterocycles. The van der Waals surface area contributed by atoms with Gasteiger partial charge in [0, 0.05) is 12.6 Å². The summed E-state index contributed by atoms with van der Waals surface area (Å²) in [6.45, 7) is 3.81. The maximum Gasteiger partial charge on any atom is 0.323 e. The molecule has 1 aliphatic carbocycles. The number of methoxy groups -OCH3 is 1. The Bertz CT molecular complexity index is 480. The van der Waals surface area contributed by atoms with Crippen LogP contribution in [0.25, 0.3) is 0 Å². The smallest absolute Gasteiger partial charge is 0.323 e. The molecule has 2 rings (SSSR count). The molecule has 1 aliphatic heterocycles. The standard InChI is InChI=1S/C16H25N3O4/c1-3-8-17-16(22)18-14(20)10-19-12-7-5-4-6-11(12)9-13(19)15(21)23-2/h3,11-13H,1,4-10H2,2H3,(H2,17,18,20,22). The van der Waals surface area contributed by atoms with Gasteiger partial charge in [-0.25, -0.2) is 4.79 Å². The lowest BCUT2D eigenvalue weighted by Crippen LogP contribution is -2.50. The minimum atomic E-state index is -0.552. The van der Waals surface area contributed by atoms with Crippen LogP contribution in [-0.4, -0.2) is 55.1 Å². The SMILES string of the molecule is C=CCNC(=O)NC(=O)CN1C(C(=O)OC)CC2CCCCC21. The zero-order valence-corrected chi connectivity index (χ0v) is 13.5. The Kier molecular flexibility index (Phi) is 6.15. The molecule has 1 heterocycles. The van der Waals surface area contributed by atoms with Crippen LogP contribution in [0.4, 0.5) is 4.79 Å². The largest absolute Gasteiger partial charge is 0.468 e. The monoisotopic (exact) mass is 323 g/mol. The fourth-order valence-electron chi connectivity index (χ4n) is 3.69. The molecule has 0 aromatic carbocycles. The molecule has 2 aliphatic rings. The average Bonchev–Trinajstić information content (AvgIpc) is 2.90. The predicted molar refractivity (Wildman–Crippen MR) is 84.6 cm³/mol. The van der Waals surface area contributed by atoms with Gasteiger partial charge in [-0.2, -0.15) is 0 Å². The Labute approximate surface area is 136 Å².